The molecular formula is C36H42F2N6O3. The number of hydrogen-bond donors (Lipinski definition) is 2. The summed E-state index contributed by atoms with van der Waals surface area (Å²) in [5.41, 5.74) is 0.941. The summed E-state index contributed by atoms with van der Waals surface area (Å²) in [5, 5.41) is 9.29. The van der Waals surface area contributed by atoms with Crippen LogP contribution in [0.15, 0.2) is 36.4 Å². The number of carbonyl (C=O) groups excluding carboxylic acids is 1. The zero-order valence-corrected chi connectivity index (χ0v) is 26.9. The molecule has 1 amide bonds. The molecular weight excluding hydrogens is 602 g/mol. The van der Waals surface area contributed by atoms with Crippen LogP contribution in [0.1, 0.15) is 69.0 Å². The number of halogens is 2. The molecule has 1 aromatic heterocycles. The van der Waals surface area contributed by atoms with Crippen molar-refractivity contribution in [2.45, 2.75) is 81.6 Å². The van der Waals surface area contributed by atoms with Crippen molar-refractivity contribution in [3.05, 3.63) is 58.1 Å². The van der Waals surface area contributed by atoms with Crippen LogP contribution in [-0.2, 0) is 11.2 Å². The molecule has 6 aliphatic heterocycles. The number of benzene rings is 2. The molecule has 0 radical (unpaired) electrons. The maximum absolute atomic E-state index is 17.1. The summed E-state index contributed by atoms with van der Waals surface area (Å²) in [4.78, 5) is 27.0. The van der Waals surface area contributed by atoms with Gasteiger partial charge in [0.05, 0.1) is 22.9 Å². The Morgan fingerprint density at radius 1 is 1.11 bits per heavy atom. The topological polar surface area (TPSA) is 91.8 Å². The number of anilines is 1. The van der Waals surface area contributed by atoms with Gasteiger partial charge in [0.2, 0.25) is 0 Å². The fourth-order valence-corrected chi connectivity index (χ4v) is 8.68. The minimum atomic E-state index is -0.887. The average molecular weight is 645 g/mol. The van der Waals surface area contributed by atoms with Crippen molar-refractivity contribution in [2.75, 3.05) is 44.3 Å². The molecule has 2 aromatic carbocycles. The minimum absolute atomic E-state index is 0.0862. The molecule has 6 bridgehead atoms. The second-order valence-corrected chi connectivity index (χ2v) is 13.9. The zero-order valence-electron chi connectivity index (χ0n) is 26.9. The van der Waals surface area contributed by atoms with Crippen LogP contribution < -0.4 is 30.8 Å². The van der Waals surface area contributed by atoms with Gasteiger partial charge in [-0.3, -0.25) is 4.90 Å². The van der Waals surface area contributed by atoms with Crippen LogP contribution >= 0.6 is 0 Å². The Bertz CT molecular complexity index is 1830. The molecule has 2 N–H and O–H groups in total. The smallest absolute Gasteiger partial charge is 0.407 e. The number of nitrogens with zero attached hydrogens (tertiary/aromatic N) is 4. The molecule has 3 saturated heterocycles. The third-order valence-corrected chi connectivity index (χ3v) is 11.1. The lowest BCUT2D eigenvalue weighted by Gasteiger charge is -2.43. The zero-order chi connectivity index (χ0) is 32.2. The van der Waals surface area contributed by atoms with Crippen LogP contribution in [0.2, 0.25) is 0 Å². The van der Waals surface area contributed by atoms with E-state index in [4.69, 9.17) is 19.4 Å². The van der Waals surface area contributed by atoms with E-state index in [1.165, 1.54) is 0 Å². The number of fused-ring (bicyclic) bond motifs is 7. The van der Waals surface area contributed by atoms with Gasteiger partial charge in [-0.1, -0.05) is 43.3 Å². The molecule has 9 rings (SSSR count). The maximum Gasteiger partial charge on any atom is 0.407 e. The molecule has 248 valence electrons. The van der Waals surface area contributed by atoms with Crippen molar-refractivity contribution >= 4 is 34.7 Å². The van der Waals surface area contributed by atoms with Crippen molar-refractivity contribution in [3.8, 4) is 6.01 Å². The van der Waals surface area contributed by atoms with Gasteiger partial charge in [-0.25, -0.2) is 13.6 Å². The lowest BCUT2D eigenvalue weighted by Crippen LogP contribution is -2.60. The van der Waals surface area contributed by atoms with E-state index in [1.54, 1.807) is 0 Å². The maximum atomic E-state index is 17.1. The highest BCUT2D eigenvalue weighted by Gasteiger charge is 2.49. The first-order chi connectivity index (χ1) is 22.9. The van der Waals surface area contributed by atoms with Gasteiger partial charge in [0.25, 0.3) is 0 Å². The lowest BCUT2D eigenvalue weighted by atomic mass is 9.86. The number of nitrogens with one attached hydrogen (secondary N) is 2. The first-order valence-electron chi connectivity index (χ1n) is 17.1. The van der Waals surface area contributed by atoms with E-state index < -0.39 is 35.2 Å². The summed E-state index contributed by atoms with van der Waals surface area (Å²) < 4.78 is 43.7. The Labute approximate surface area is 273 Å². The van der Waals surface area contributed by atoms with Crippen LogP contribution in [0.4, 0.5) is 19.4 Å². The third kappa shape index (κ3) is 5.36. The van der Waals surface area contributed by atoms with Crippen molar-refractivity contribution in [3.63, 3.8) is 0 Å². The van der Waals surface area contributed by atoms with Crippen molar-refractivity contribution < 1.29 is 23.0 Å². The minimum Gasteiger partial charge on any atom is -0.461 e. The van der Waals surface area contributed by atoms with Gasteiger partial charge < -0.3 is 25.0 Å². The molecule has 3 fully saturated rings. The van der Waals surface area contributed by atoms with Gasteiger partial charge in [0.1, 0.15) is 30.0 Å². The van der Waals surface area contributed by atoms with E-state index in [0.717, 1.165) is 54.1 Å². The van der Waals surface area contributed by atoms with Gasteiger partial charge >= 0.3 is 12.1 Å². The van der Waals surface area contributed by atoms with Gasteiger partial charge in [-0.05, 0) is 73.4 Å². The molecule has 11 heteroatoms. The number of rotatable bonds is 4. The van der Waals surface area contributed by atoms with Crippen LogP contribution in [0.3, 0.4) is 0 Å². The predicted molar refractivity (Wildman–Crippen MR) is 176 cm³/mol. The summed E-state index contributed by atoms with van der Waals surface area (Å²) >= 11 is 0. The predicted octanol–water partition coefficient (Wildman–Crippen LogP) is 4.17. The highest BCUT2D eigenvalue weighted by molar-refractivity contribution is 5.90. The monoisotopic (exact) mass is 644 g/mol. The first-order valence-corrected chi connectivity index (χ1v) is 17.1. The molecule has 0 spiro atoms. The van der Waals surface area contributed by atoms with Gasteiger partial charge in [0, 0.05) is 32.3 Å². The number of aryl methyl sites for hydroxylation is 1. The van der Waals surface area contributed by atoms with E-state index in [1.807, 2.05) is 36.5 Å². The molecule has 47 heavy (non-hydrogen) atoms. The van der Waals surface area contributed by atoms with Gasteiger partial charge in [-0.2, -0.15) is 9.97 Å². The summed E-state index contributed by atoms with van der Waals surface area (Å²) in [6.07, 6.45) is 6.37. The molecule has 9 nitrogen and oxygen atoms in total. The molecule has 1 unspecified atom stereocenters. The fourth-order valence-electron chi connectivity index (χ4n) is 8.68. The normalized spacial score (nSPS) is 29.0. The Balaban J connectivity index is 1.28. The molecule has 0 aliphatic carbocycles. The molecule has 7 heterocycles. The Morgan fingerprint density at radius 3 is 2.83 bits per heavy atom. The number of alkyl carbamates (subject to hydrolysis) is 1. The van der Waals surface area contributed by atoms with Crippen LogP contribution in [0, 0.1) is 0 Å². The summed E-state index contributed by atoms with van der Waals surface area (Å²) in [7, 11) is 0. The quantitative estimate of drug-likeness (QED) is 0.438. The fraction of sp³-hybridized carbons (Fsp3) is 0.528. The first kappa shape index (κ1) is 30.4. The molecule has 6 aliphatic rings. The van der Waals surface area contributed by atoms with E-state index in [9.17, 15) is 9.18 Å². The highest BCUT2D eigenvalue weighted by Crippen LogP contribution is 2.40. The number of hydrogen-bond acceptors (Lipinski definition) is 8. The number of ether oxygens (including phenoxy) is 2. The van der Waals surface area contributed by atoms with Crippen LogP contribution in [0.25, 0.3) is 22.8 Å². The number of alkyl halides is 1. The Hall–Kier alpha value is -3.99. The number of amides is 1. The van der Waals surface area contributed by atoms with Crippen LogP contribution in [0.5, 0.6) is 6.01 Å². The van der Waals surface area contributed by atoms with Gasteiger partial charge in [0.15, 0.2) is 5.83 Å². The molecule has 4 atom stereocenters. The number of aromatic nitrogens is 2. The van der Waals surface area contributed by atoms with Crippen LogP contribution in [-0.4, -0.2) is 77.6 Å². The Kier molecular flexibility index (Phi) is 7.69. The van der Waals surface area contributed by atoms with Crippen molar-refractivity contribution in [2.24, 2.45) is 0 Å². The van der Waals surface area contributed by atoms with Crippen molar-refractivity contribution in [1.82, 2.24) is 25.5 Å². The van der Waals surface area contributed by atoms with E-state index in [2.05, 4.69) is 33.4 Å². The summed E-state index contributed by atoms with van der Waals surface area (Å²) in [6.45, 7) is 5.01. The van der Waals surface area contributed by atoms with E-state index >= 15 is 4.39 Å². The SMILES string of the molecule is CC[C@@]12CCCN(C1)c1nc(OC[C@@]34CCCN3C[C@H](F)C4)nc3c1=CNC(C=3F)c1cccc3cccc(c13)CCCOC(=O)N2. The van der Waals surface area contributed by atoms with E-state index in [-0.39, 0.29) is 24.6 Å². The second kappa shape index (κ2) is 11.9. The van der Waals surface area contributed by atoms with Gasteiger partial charge in [-0.15, -0.1) is 0 Å². The highest BCUT2D eigenvalue weighted by atomic mass is 19.1. The second-order valence-electron chi connectivity index (χ2n) is 13.9. The third-order valence-electron chi connectivity index (χ3n) is 11.1. The number of piperidine rings is 1. The molecule has 0 saturated carbocycles. The average Bonchev–Trinajstić information content (AvgIpc) is 3.61. The summed E-state index contributed by atoms with van der Waals surface area (Å²) in [6, 6.07) is 11.4. The largest absolute Gasteiger partial charge is 0.461 e. The summed E-state index contributed by atoms with van der Waals surface area (Å²) in [5.74, 6) is 0.153. The Morgan fingerprint density at radius 2 is 1.96 bits per heavy atom. The van der Waals surface area contributed by atoms with Crippen molar-refractivity contribution in [1.29, 1.82) is 0 Å². The lowest BCUT2D eigenvalue weighted by molar-refractivity contribution is 0.107. The van der Waals surface area contributed by atoms with E-state index in [0.29, 0.717) is 56.4 Å². The molecule has 3 aromatic rings. The standard InChI is InChI=1S/C36H42F2N6O3/c1-2-35-13-6-15-43(21-35)32-27-19-39-30(26-12-4-10-23-8-3-9-24(28(23)26)11-5-17-46-34(45)42-35)29(38)31(27)40-33(41-32)47-22-36-14-7-16-44(36)20-25(37)18-36/h3-4,8-10,12,19,25,30,39H,2,5-7,11,13-18,20-22H2,1H3,(H,42,45)/t25-,30?,35-,36+/m1/s1. The number of carbonyl (C=O) groups is 1.